The highest BCUT2D eigenvalue weighted by Gasteiger charge is 2.10. The Labute approximate surface area is 119 Å². The zero-order valence-electron chi connectivity index (χ0n) is 9.48. The Kier molecular flexibility index (Phi) is 6.55. The Morgan fingerprint density at radius 3 is 3.00 bits per heavy atom. The summed E-state index contributed by atoms with van der Waals surface area (Å²) in [6.07, 6.45) is 0.687. The van der Waals surface area contributed by atoms with E-state index >= 15 is 0 Å². The van der Waals surface area contributed by atoms with E-state index in [2.05, 4.69) is 37.3 Å². The predicted octanol–water partition coefficient (Wildman–Crippen LogP) is 3.96. The molecule has 7 heteroatoms. The van der Waals surface area contributed by atoms with Crippen LogP contribution in [0.5, 0.6) is 0 Å². The lowest BCUT2D eigenvalue weighted by Crippen LogP contribution is -2.21. The molecule has 0 heterocycles. The van der Waals surface area contributed by atoms with Crippen LogP contribution in [0.25, 0.3) is 10.4 Å². The number of rotatable bonds is 6. The molecule has 0 amide bonds. The van der Waals surface area contributed by atoms with Gasteiger partial charge in [0.1, 0.15) is 6.04 Å². The number of hydrogen-bond donors (Lipinski definition) is 1. The third kappa shape index (κ3) is 4.55. The third-order valence-electron chi connectivity index (χ3n) is 2.25. The van der Waals surface area contributed by atoms with Crippen molar-refractivity contribution in [3.8, 4) is 6.07 Å². The Morgan fingerprint density at radius 1 is 1.61 bits per heavy atom. The van der Waals surface area contributed by atoms with Gasteiger partial charge in [0.15, 0.2) is 0 Å². The molecule has 0 aliphatic rings. The van der Waals surface area contributed by atoms with Gasteiger partial charge in [0.25, 0.3) is 0 Å². The highest BCUT2D eigenvalue weighted by molar-refractivity contribution is 9.10. The molecule has 0 aliphatic heterocycles. The second kappa shape index (κ2) is 7.96. The molecule has 0 bridgehead atoms. The molecule has 1 aromatic carbocycles. The Bertz CT molecular complexity index is 493. The second-order valence-electron chi connectivity index (χ2n) is 3.50. The molecule has 0 aromatic heterocycles. The number of nitrogens with one attached hydrogen (secondary N) is 1. The molecule has 1 N–H and O–H groups in total. The van der Waals surface area contributed by atoms with Crippen molar-refractivity contribution in [1.29, 1.82) is 5.26 Å². The SMILES string of the molecule is N#CC(NCCCN=[N+]=[N-])c1ccc(Br)c(Cl)c1. The highest BCUT2D eigenvalue weighted by atomic mass is 79.9. The summed E-state index contributed by atoms with van der Waals surface area (Å²) in [4.78, 5) is 2.66. The predicted molar refractivity (Wildman–Crippen MR) is 74.1 cm³/mol. The van der Waals surface area contributed by atoms with Crippen LogP contribution in [0.15, 0.2) is 27.8 Å². The molecule has 18 heavy (non-hydrogen) atoms. The van der Waals surface area contributed by atoms with Crippen LogP contribution in [-0.4, -0.2) is 13.1 Å². The number of halogens is 2. The molecule has 0 radical (unpaired) electrons. The fourth-order valence-corrected chi connectivity index (χ4v) is 1.81. The van der Waals surface area contributed by atoms with Gasteiger partial charge in [0.2, 0.25) is 0 Å². The lowest BCUT2D eigenvalue weighted by molar-refractivity contribution is 0.607. The van der Waals surface area contributed by atoms with Crippen molar-refractivity contribution in [2.24, 2.45) is 5.11 Å². The maximum atomic E-state index is 9.09. The first kappa shape index (κ1) is 14.8. The van der Waals surface area contributed by atoms with Crippen molar-refractivity contribution in [3.05, 3.63) is 43.7 Å². The van der Waals surface area contributed by atoms with Crippen molar-refractivity contribution in [2.45, 2.75) is 12.5 Å². The monoisotopic (exact) mass is 327 g/mol. The van der Waals surface area contributed by atoms with Crippen molar-refractivity contribution < 1.29 is 0 Å². The Balaban J connectivity index is 2.58. The first-order valence-electron chi connectivity index (χ1n) is 5.28. The quantitative estimate of drug-likeness (QED) is 0.371. The van der Waals surface area contributed by atoms with Crippen LogP contribution in [0.2, 0.25) is 5.02 Å². The fourth-order valence-electron chi connectivity index (χ4n) is 1.37. The van der Waals surface area contributed by atoms with Crippen LogP contribution in [0, 0.1) is 11.3 Å². The summed E-state index contributed by atoms with van der Waals surface area (Å²) >= 11 is 9.28. The van der Waals surface area contributed by atoms with Gasteiger partial charge in [-0.05, 0) is 52.1 Å². The first-order valence-corrected chi connectivity index (χ1v) is 6.45. The van der Waals surface area contributed by atoms with Crippen LogP contribution < -0.4 is 5.32 Å². The summed E-state index contributed by atoms with van der Waals surface area (Å²) in [6.45, 7) is 1.02. The van der Waals surface area contributed by atoms with Crippen molar-refractivity contribution in [1.82, 2.24) is 5.32 Å². The van der Waals surface area contributed by atoms with Gasteiger partial charge in [-0.1, -0.05) is 22.8 Å². The van der Waals surface area contributed by atoms with E-state index in [9.17, 15) is 0 Å². The summed E-state index contributed by atoms with van der Waals surface area (Å²) < 4.78 is 0.799. The molecule has 1 rings (SSSR count). The average Bonchev–Trinajstić information content (AvgIpc) is 2.37. The van der Waals surface area contributed by atoms with Crippen LogP contribution in [0.4, 0.5) is 0 Å². The molecule has 1 unspecified atom stereocenters. The Hall–Kier alpha value is -1.25. The first-order chi connectivity index (χ1) is 8.69. The lowest BCUT2D eigenvalue weighted by atomic mass is 10.1. The molecule has 5 nitrogen and oxygen atoms in total. The summed E-state index contributed by atoms with van der Waals surface area (Å²) in [5, 5.41) is 16.2. The van der Waals surface area contributed by atoms with E-state index in [1.165, 1.54) is 0 Å². The minimum absolute atomic E-state index is 0.415. The summed E-state index contributed by atoms with van der Waals surface area (Å²) in [5.41, 5.74) is 8.94. The molecule has 1 aromatic rings. The van der Waals surface area contributed by atoms with Crippen LogP contribution >= 0.6 is 27.5 Å². The van der Waals surface area contributed by atoms with E-state index in [0.717, 1.165) is 10.0 Å². The van der Waals surface area contributed by atoms with E-state index < -0.39 is 6.04 Å². The summed E-state index contributed by atoms with van der Waals surface area (Å²) in [7, 11) is 0. The minimum atomic E-state index is -0.415. The van der Waals surface area contributed by atoms with E-state index in [1.54, 1.807) is 6.07 Å². The van der Waals surface area contributed by atoms with Gasteiger partial charge in [-0.15, -0.1) is 0 Å². The smallest absolute Gasteiger partial charge is 0.121 e. The van der Waals surface area contributed by atoms with Crippen LogP contribution in [0.3, 0.4) is 0 Å². The molecule has 1 atom stereocenters. The van der Waals surface area contributed by atoms with Gasteiger partial charge in [-0.3, -0.25) is 5.32 Å². The van der Waals surface area contributed by atoms with E-state index in [1.807, 2.05) is 12.1 Å². The van der Waals surface area contributed by atoms with Gasteiger partial charge < -0.3 is 0 Å². The number of hydrogen-bond acceptors (Lipinski definition) is 3. The van der Waals surface area contributed by atoms with E-state index in [4.69, 9.17) is 22.4 Å². The van der Waals surface area contributed by atoms with Crippen molar-refractivity contribution in [3.63, 3.8) is 0 Å². The maximum Gasteiger partial charge on any atom is 0.121 e. The van der Waals surface area contributed by atoms with Gasteiger partial charge in [-0.25, -0.2) is 0 Å². The van der Waals surface area contributed by atoms with Crippen LogP contribution in [0.1, 0.15) is 18.0 Å². The molecule has 0 fully saturated rings. The number of azide groups is 1. The van der Waals surface area contributed by atoms with Crippen molar-refractivity contribution in [2.75, 3.05) is 13.1 Å². The van der Waals surface area contributed by atoms with Gasteiger partial charge >= 0.3 is 0 Å². The molecule has 0 saturated carbocycles. The summed E-state index contributed by atoms with van der Waals surface area (Å²) in [6, 6.07) is 7.15. The lowest BCUT2D eigenvalue weighted by Gasteiger charge is -2.12. The largest absolute Gasteiger partial charge is 0.298 e. The van der Waals surface area contributed by atoms with Gasteiger partial charge in [-0.2, -0.15) is 5.26 Å². The molecule has 94 valence electrons. The highest BCUT2D eigenvalue weighted by Crippen LogP contribution is 2.25. The standard InChI is InChI=1S/C11H11BrClN5/c12-9-3-2-8(6-10(9)13)11(7-14)16-4-1-5-17-18-15/h2-3,6,11,16H,1,4-5H2. The molecular weight excluding hydrogens is 318 g/mol. The number of nitriles is 1. The van der Waals surface area contributed by atoms with E-state index in [0.29, 0.717) is 24.5 Å². The van der Waals surface area contributed by atoms with Gasteiger partial charge in [0.05, 0.1) is 11.1 Å². The normalized spacial score (nSPS) is 11.4. The Morgan fingerprint density at radius 2 is 2.39 bits per heavy atom. The second-order valence-corrected chi connectivity index (χ2v) is 4.76. The molecule has 0 spiro atoms. The van der Waals surface area contributed by atoms with Gasteiger partial charge in [0, 0.05) is 15.9 Å². The molecule has 0 aliphatic carbocycles. The average molecular weight is 329 g/mol. The van der Waals surface area contributed by atoms with Crippen LogP contribution in [-0.2, 0) is 0 Å². The number of nitrogens with zero attached hydrogens (tertiary/aromatic N) is 4. The minimum Gasteiger partial charge on any atom is -0.298 e. The summed E-state index contributed by atoms with van der Waals surface area (Å²) in [5.74, 6) is 0. The molecular formula is C11H11BrClN5. The zero-order valence-corrected chi connectivity index (χ0v) is 11.8. The maximum absolute atomic E-state index is 9.09. The molecule has 0 saturated heterocycles. The topological polar surface area (TPSA) is 84.6 Å². The zero-order chi connectivity index (χ0) is 13.4. The fraction of sp³-hybridized carbons (Fsp3) is 0.364. The number of benzene rings is 1. The van der Waals surface area contributed by atoms with Crippen molar-refractivity contribution >= 4 is 27.5 Å². The third-order valence-corrected chi connectivity index (χ3v) is 3.49. The van der Waals surface area contributed by atoms with E-state index in [-0.39, 0.29) is 0 Å².